The zero-order valence-electron chi connectivity index (χ0n) is 15.1. The van der Waals surface area contributed by atoms with Crippen LogP contribution in [0.25, 0.3) is 0 Å². The number of rotatable bonds is 7. The fourth-order valence-corrected chi connectivity index (χ4v) is 2.95. The van der Waals surface area contributed by atoms with Crippen molar-refractivity contribution in [1.82, 2.24) is 0 Å². The number of aliphatic carboxylic acids is 1. The first-order chi connectivity index (χ1) is 12.7. The fourth-order valence-electron chi connectivity index (χ4n) is 2.95. The third-order valence-corrected chi connectivity index (χ3v) is 4.67. The van der Waals surface area contributed by atoms with Crippen LogP contribution in [0.15, 0.2) is 48.5 Å². The molecule has 5 N–H and O–H groups in total. The lowest BCUT2D eigenvalue weighted by atomic mass is 9.79. The number of ether oxygens (including phenoxy) is 1. The third kappa shape index (κ3) is 4.77. The van der Waals surface area contributed by atoms with Crippen LogP contribution in [-0.2, 0) is 9.53 Å². The summed E-state index contributed by atoms with van der Waals surface area (Å²) in [6, 6.07) is 11.2. The molecule has 2 unspecified atom stereocenters. The lowest BCUT2D eigenvalue weighted by Gasteiger charge is -2.31. The summed E-state index contributed by atoms with van der Waals surface area (Å²) in [6.45, 7) is 3.38. The van der Waals surface area contributed by atoms with Gasteiger partial charge in [0.25, 0.3) is 0 Å². The monoisotopic (exact) mass is 373 g/mol. The average molecular weight is 373 g/mol. The number of benzene rings is 2. The van der Waals surface area contributed by atoms with E-state index in [1.165, 1.54) is 18.2 Å². The van der Waals surface area contributed by atoms with E-state index >= 15 is 0 Å². The lowest BCUT2D eigenvalue weighted by Crippen LogP contribution is -2.42. The Labute approximate surface area is 157 Å². The molecule has 27 heavy (non-hydrogen) atoms. The SMILES string of the molecule is CC(OC(=O)c1ccccc1)[C@H](C)C(c1ccc(O)c(O)c1)[C@H](N)C(=O)O. The summed E-state index contributed by atoms with van der Waals surface area (Å²) in [7, 11) is 0. The van der Waals surface area contributed by atoms with Gasteiger partial charge in [-0.3, -0.25) is 4.79 Å². The lowest BCUT2D eigenvalue weighted by molar-refractivity contribution is -0.139. The van der Waals surface area contributed by atoms with E-state index in [-0.39, 0.29) is 11.5 Å². The smallest absolute Gasteiger partial charge is 0.338 e. The van der Waals surface area contributed by atoms with Gasteiger partial charge < -0.3 is 25.8 Å². The van der Waals surface area contributed by atoms with Crippen LogP contribution in [0.5, 0.6) is 11.5 Å². The zero-order chi connectivity index (χ0) is 20.1. The number of nitrogens with two attached hydrogens (primary N) is 1. The highest BCUT2D eigenvalue weighted by Crippen LogP contribution is 2.35. The maximum Gasteiger partial charge on any atom is 0.338 e. The number of phenols is 2. The summed E-state index contributed by atoms with van der Waals surface area (Å²) in [5.41, 5.74) is 6.69. The molecular formula is C20H23NO6. The van der Waals surface area contributed by atoms with E-state index in [1.54, 1.807) is 44.2 Å². The van der Waals surface area contributed by atoms with Crippen LogP contribution in [0.2, 0.25) is 0 Å². The van der Waals surface area contributed by atoms with Gasteiger partial charge in [-0.1, -0.05) is 31.2 Å². The van der Waals surface area contributed by atoms with E-state index in [9.17, 15) is 24.9 Å². The number of hydrogen-bond acceptors (Lipinski definition) is 6. The van der Waals surface area contributed by atoms with Crippen molar-refractivity contribution in [2.75, 3.05) is 0 Å². The Morgan fingerprint density at radius 1 is 1.00 bits per heavy atom. The average Bonchev–Trinajstić information content (AvgIpc) is 2.65. The van der Waals surface area contributed by atoms with E-state index in [4.69, 9.17) is 10.5 Å². The van der Waals surface area contributed by atoms with Crippen molar-refractivity contribution in [3.05, 3.63) is 59.7 Å². The van der Waals surface area contributed by atoms with Crippen LogP contribution in [-0.4, -0.2) is 39.4 Å². The minimum atomic E-state index is -1.29. The molecular weight excluding hydrogens is 350 g/mol. The van der Waals surface area contributed by atoms with Crippen molar-refractivity contribution in [3.63, 3.8) is 0 Å². The number of carboxylic acids is 1. The first kappa shape index (κ1) is 20.3. The standard InChI is InChI=1S/C20H23NO6/c1-11(12(2)27-20(26)13-6-4-3-5-7-13)17(18(21)19(24)25)14-8-9-15(22)16(23)10-14/h3-12,17-18,22-23H,21H2,1-2H3,(H,24,25)/t11-,12?,17?,18-/m0/s1. The molecule has 0 aliphatic heterocycles. The highest BCUT2D eigenvalue weighted by atomic mass is 16.5. The van der Waals surface area contributed by atoms with E-state index < -0.39 is 35.9 Å². The summed E-state index contributed by atoms with van der Waals surface area (Å²) >= 11 is 0. The zero-order valence-corrected chi connectivity index (χ0v) is 15.1. The van der Waals surface area contributed by atoms with Crippen LogP contribution in [0, 0.1) is 5.92 Å². The van der Waals surface area contributed by atoms with Crippen LogP contribution in [0.3, 0.4) is 0 Å². The predicted molar refractivity (Wildman–Crippen MR) is 98.6 cm³/mol. The first-order valence-electron chi connectivity index (χ1n) is 8.48. The van der Waals surface area contributed by atoms with Gasteiger partial charge in [0.15, 0.2) is 11.5 Å². The summed E-state index contributed by atoms with van der Waals surface area (Å²) in [6.07, 6.45) is -0.649. The molecule has 0 amide bonds. The molecule has 0 heterocycles. The largest absolute Gasteiger partial charge is 0.504 e. The fraction of sp³-hybridized carbons (Fsp3) is 0.300. The number of aromatic hydroxyl groups is 2. The van der Waals surface area contributed by atoms with Crippen molar-refractivity contribution in [2.45, 2.75) is 31.9 Å². The minimum Gasteiger partial charge on any atom is -0.504 e. The molecule has 7 nitrogen and oxygen atoms in total. The van der Waals surface area contributed by atoms with E-state index in [2.05, 4.69) is 0 Å². The van der Waals surface area contributed by atoms with Crippen molar-refractivity contribution in [1.29, 1.82) is 0 Å². The summed E-state index contributed by atoms with van der Waals surface area (Å²) < 4.78 is 5.49. The molecule has 2 rings (SSSR count). The van der Waals surface area contributed by atoms with Crippen LogP contribution < -0.4 is 5.73 Å². The molecule has 0 aliphatic carbocycles. The van der Waals surface area contributed by atoms with Crippen molar-refractivity contribution < 1.29 is 29.6 Å². The Morgan fingerprint density at radius 3 is 2.19 bits per heavy atom. The van der Waals surface area contributed by atoms with E-state index in [0.29, 0.717) is 11.1 Å². The van der Waals surface area contributed by atoms with Gasteiger partial charge in [0.2, 0.25) is 0 Å². The van der Waals surface area contributed by atoms with Gasteiger partial charge >= 0.3 is 11.9 Å². The maximum atomic E-state index is 12.3. The highest BCUT2D eigenvalue weighted by Gasteiger charge is 2.35. The Balaban J connectivity index is 2.27. The molecule has 0 radical (unpaired) electrons. The number of carbonyl (C=O) groups is 2. The molecule has 0 aliphatic rings. The van der Waals surface area contributed by atoms with Crippen LogP contribution in [0.1, 0.15) is 35.7 Å². The molecule has 0 spiro atoms. The predicted octanol–water partition coefficient (Wildman–Crippen LogP) is 2.47. The van der Waals surface area contributed by atoms with Gasteiger partial charge in [-0.2, -0.15) is 0 Å². The Morgan fingerprint density at radius 2 is 1.63 bits per heavy atom. The molecule has 0 fully saturated rings. The van der Waals surface area contributed by atoms with Gasteiger partial charge in [0.05, 0.1) is 5.56 Å². The van der Waals surface area contributed by atoms with Gasteiger partial charge in [-0.15, -0.1) is 0 Å². The van der Waals surface area contributed by atoms with Gasteiger partial charge in [0.1, 0.15) is 12.1 Å². The van der Waals surface area contributed by atoms with Gasteiger partial charge in [0, 0.05) is 11.8 Å². The number of carbonyl (C=O) groups excluding carboxylic acids is 1. The molecule has 7 heteroatoms. The molecule has 0 aromatic heterocycles. The number of esters is 1. The number of phenolic OH excluding ortho intramolecular Hbond substituents is 2. The molecule has 4 atom stereocenters. The number of hydrogen-bond donors (Lipinski definition) is 4. The van der Waals surface area contributed by atoms with Crippen molar-refractivity contribution in [2.24, 2.45) is 11.7 Å². The quantitative estimate of drug-likeness (QED) is 0.433. The summed E-state index contributed by atoms with van der Waals surface area (Å²) in [4.78, 5) is 23.8. The Kier molecular flexibility index (Phi) is 6.41. The third-order valence-electron chi connectivity index (χ3n) is 4.67. The minimum absolute atomic E-state index is 0.322. The van der Waals surface area contributed by atoms with Crippen molar-refractivity contribution in [3.8, 4) is 11.5 Å². The maximum absolute atomic E-state index is 12.3. The van der Waals surface area contributed by atoms with Gasteiger partial charge in [-0.05, 0) is 36.8 Å². The first-order valence-corrected chi connectivity index (χ1v) is 8.48. The molecule has 0 bridgehead atoms. The molecule has 2 aromatic rings. The highest BCUT2D eigenvalue weighted by molar-refractivity contribution is 5.89. The summed E-state index contributed by atoms with van der Waals surface area (Å²) in [5, 5.41) is 28.6. The Bertz CT molecular complexity index is 807. The molecule has 0 saturated carbocycles. The molecule has 2 aromatic carbocycles. The number of carboxylic acid groups (broad SMARTS) is 1. The molecule has 144 valence electrons. The van der Waals surface area contributed by atoms with E-state index in [1.807, 2.05) is 0 Å². The van der Waals surface area contributed by atoms with Crippen LogP contribution >= 0.6 is 0 Å². The second-order valence-corrected chi connectivity index (χ2v) is 6.47. The van der Waals surface area contributed by atoms with Gasteiger partial charge in [-0.25, -0.2) is 4.79 Å². The topological polar surface area (TPSA) is 130 Å². The molecule has 0 saturated heterocycles. The summed E-state index contributed by atoms with van der Waals surface area (Å²) in [5.74, 6) is -3.68. The van der Waals surface area contributed by atoms with Crippen molar-refractivity contribution >= 4 is 11.9 Å². The van der Waals surface area contributed by atoms with Crippen LogP contribution in [0.4, 0.5) is 0 Å². The van der Waals surface area contributed by atoms with E-state index in [0.717, 1.165) is 0 Å². The normalized spacial score (nSPS) is 15.4. The second kappa shape index (κ2) is 8.55. The second-order valence-electron chi connectivity index (χ2n) is 6.47. The Hall–Kier alpha value is -3.06.